The van der Waals surface area contributed by atoms with Gasteiger partial charge in [0.2, 0.25) is 5.91 Å². The molecular formula is C13H17N5OS. The van der Waals surface area contributed by atoms with Gasteiger partial charge in [-0.25, -0.2) is 15.0 Å². The normalized spacial score (nSPS) is 10.5. The van der Waals surface area contributed by atoms with Crippen molar-refractivity contribution in [2.45, 2.75) is 26.9 Å². The second-order valence-electron chi connectivity index (χ2n) is 4.19. The Balaban J connectivity index is 1.88. The number of aromatic nitrogens is 3. The van der Waals surface area contributed by atoms with E-state index in [0.29, 0.717) is 19.6 Å². The number of nitrogens with one attached hydrogen (secondary N) is 1. The predicted molar refractivity (Wildman–Crippen MR) is 78.4 cm³/mol. The van der Waals surface area contributed by atoms with Gasteiger partial charge in [-0.05, 0) is 13.0 Å². The molecule has 0 aliphatic heterocycles. The lowest BCUT2D eigenvalue weighted by Gasteiger charge is -2.14. The van der Waals surface area contributed by atoms with E-state index in [1.165, 1.54) is 17.7 Å². The minimum atomic E-state index is 0.0161. The van der Waals surface area contributed by atoms with Crippen LogP contribution in [0.3, 0.4) is 0 Å². The smallest absolute Gasteiger partial charge is 0.225 e. The van der Waals surface area contributed by atoms with Crippen LogP contribution in [0.15, 0.2) is 24.0 Å². The molecular weight excluding hydrogens is 274 g/mol. The van der Waals surface area contributed by atoms with Crippen molar-refractivity contribution in [1.29, 1.82) is 0 Å². The molecule has 106 valence electrons. The van der Waals surface area contributed by atoms with Crippen molar-refractivity contribution in [2.75, 3.05) is 11.4 Å². The number of carbonyl (C=O) groups is 1. The topological polar surface area (TPSA) is 71.0 Å². The monoisotopic (exact) mass is 291 g/mol. The summed E-state index contributed by atoms with van der Waals surface area (Å²) in [7, 11) is 0. The Morgan fingerprint density at radius 2 is 2.20 bits per heavy atom. The molecule has 0 radical (unpaired) electrons. The second kappa shape index (κ2) is 7.06. The van der Waals surface area contributed by atoms with Crippen molar-refractivity contribution in [3.63, 3.8) is 0 Å². The number of hydrogen-bond donors (Lipinski definition) is 1. The number of carbonyl (C=O) groups excluding carboxylic acids is 1. The number of amides is 1. The first kappa shape index (κ1) is 14.5. The number of thiazole rings is 1. The molecule has 2 rings (SSSR count). The van der Waals surface area contributed by atoms with Gasteiger partial charge in [0.25, 0.3) is 0 Å². The first-order valence-electron chi connectivity index (χ1n) is 6.38. The van der Waals surface area contributed by atoms with Gasteiger partial charge < -0.3 is 5.32 Å². The van der Waals surface area contributed by atoms with E-state index in [1.807, 2.05) is 18.4 Å². The standard InChI is InChI=1S/C13H17N5OS/c1-3-18(10(2)19)13-17-12(8-20-13)7-15-6-11-4-5-14-9-16-11/h4-5,8-9,15H,3,6-7H2,1-2H3. The molecule has 2 heterocycles. The van der Waals surface area contributed by atoms with Gasteiger partial charge in [0.15, 0.2) is 5.13 Å². The third-order valence-electron chi connectivity index (χ3n) is 2.72. The number of anilines is 1. The van der Waals surface area contributed by atoms with Gasteiger partial charge in [0.05, 0.1) is 11.4 Å². The Kier molecular flexibility index (Phi) is 5.14. The molecule has 0 spiro atoms. The van der Waals surface area contributed by atoms with E-state index < -0.39 is 0 Å². The molecule has 0 aromatic carbocycles. The number of rotatable bonds is 6. The average molecular weight is 291 g/mol. The zero-order valence-corrected chi connectivity index (χ0v) is 12.4. The SMILES string of the molecule is CCN(C(C)=O)c1nc(CNCc2ccncn2)cs1. The third-order valence-corrected chi connectivity index (χ3v) is 3.63. The summed E-state index contributed by atoms with van der Waals surface area (Å²) >= 11 is 1.49. The zero-order chi connectivity index (χ0) is 14.4. The molecule has 6 nitrogen and oxygen atoms in total. The van der Waals surface area contributed by atoms with Crippen LogP contribution in [0.4, 0.5) is 5.13 Å². The minimum Gasteiger partial charge on any atom is -0.305 e. The van der Waals surface area contributed by atoms with E-state index in [0.717, 1.165) is 16.5 Å². The highest BCUT2D eigenvalue weighted by Crippen LogP contribution is 2.20. The largest absolute Gasteiger partial charge is 0.305 e. The van der Waals surface area contributed by atoms with Gasteiger partial charge >= 0.3 is 0 Å². The Bertz CT molecular complexity index is 557. The zero-order valence-electron chi connectivity index (χ0n) is 11.5. The van der Waals surface area contributed by atoms with Gasteiger partial charge in [0, 0.05) is 38.1 Å². The van der Waals surface area contributed by atoms with E-state index in [4.69, 9.17) is 0 Å². The molecule has 1 N–H and O–H groups in total. The van der Waals surface area contributed by atoms with Crippen LogP contribution in [0.25, 0.3) is 0 Å². The Morgan fingerprint density at radius 1 is 1.40 bits per heavy atom. The van der Waals surface area contributed by atoms with Crippen LogP contribution in [0.2, 0.25) is 0 Å². The Labute approximate surface area is 121 Å². The van der Waals surface area contributed by atoms with Gasteiger partial charge in [-0.1, -0.05) is 0 Å². The highest BCUT2D eigenvalue weighted by molar-refractivity contribution is 7.14. The van der Waals surface area contributed by atoms with Gasteiger partial charge in [-0.15, -0.1) is 11.3 Å². The molecule has 1 amide bonds. The molecule has 0 aliphatic carbocycles. The van der Waals surface area contributed by atoms with Crippen molar-refractivity contribution in [3.8, 4) is 0 Å². The lowest BCUT2D eigenvalue weighted by Crippen LogP contribution is -2.27. The van der Waals surface area contributed by atoms with Crippen LogP contribution in [-0.4, -0.2) is 27.4 Å². The van der Waals surface area contributed by atoms with Crippen molar-refractivity contribution in [2.24, 2.45) is 0 Å². The molecule has 2 aromatic rings. The first-order chi connectivity index (χ1) is 9.70. The van der Waals surface area contributed by atoms with Gasteiger partial charge in [-0.2, -0.15) is 0 Å². The van der Waals surface area contributed by atoms with Crippen molar-refractivity contribution in [1.82, 2.24) is 20.3 Å². The van der Waals surface area contributed by atoms with Crippen LogP contribution >= 0.6 is 11.3 Å². The fraction of sp³-hybridized carbons (Fsp3) is 0.385. The Hall–Kier alpha value is -1.86. The molecule has 2 aromatic heterocycles. The van der Waals surface area contributed by atoms with Crippen molar-refractivity contribution < 1.29 is 4.79 Å². The summed E-state index contributed by atoms with van der Waals surface area (Å²) in [5.41, 5.74) is 1.87. The maximum absolute atomic E-state index is 11.4. The van der Waals surface area contributed by atoms with Crippen molar-refractivity contribution >= 4 is 22.4 Å². The average Bonchev–Trinajstić information content (AvgIpc) is 2.89. The minimum absolute atomic E-state index is 0.0161. The highest BCUT2D eigenvalue weighted by atomic mass is 32.1. The summed E-state index contributed by atoms with van der Waals surface area (Å²) in [6.07, 6.45) is 3.25. The van der Waals surface area contributed by atoms with Crippen LogP contribution in [0.5, 0.6) is 0 Å². The summed E-state index contributed by atoms with van der Waals surface area (Å²) in [5, 5.41) is 5.98. The molecule has 0 fully saturated rings. The molecule has 0 saturated heterocycles. The third kappa shape index (κ3) is 3.82. The van der Waals surface area contributed by atoms with Crippen LogP contribution in [-0.2, 0) is 17.9 Å². The summed E-state index contributed by atoms with van der Waals surface area (Å²) in [6.45, 7) is 5.44. The molecule has 0 unspecified atom stereocenters. The molecule has 0 aliphatic rings. The van der Waals surface area contributed by atoms with Gasteiger partial charge in [-0.3, -0.25) is 9.69 Å². The Morgan fingerprint density at radius 3 is 2.85 bits per heavy atom. The maximum atomic E-state index is 11.4. The predicted octanol–water partition coefficient (Wildman–Crippen LogP) is 1.60. The van der Waals surface area contributed by atoms with Gasteiger partial charge in [0.1, 0.15) is 6.33 Å². The lowest BCUT2D eigenvalue weighted by molar-refractivity contribution is -0.116. The molecule has 7 heteroatoms. The second-order valence-corrected chi connectivity index (χ2v) is 5.03. The van der Waals surface area contributed by atoms with E-state index in [1.54, 1.807) is 18.0 Å². The van der Waals surface area contributed by atoms with Crippen LogP contribution in [0.1, 0.15) is 25.2 Å². The summed E-state index contributed by atoms with van der Waals surface area (Å²) in [6, 6.07) is 1.87. The van der Waals surface area contributed by atoms with E-state index in [9.17, 15) is 4.79 Å². The van der Waals surface area contributed by atoms with E-state index in [2.05, 4.69) is 20.3 Å². The van der Waals surface area contributed by atoms with Crippen LogP contribution in [0, 0.1) is 0 Å². The summed E-state index contributed by atoms with van der Waals surface area (Å²) in [4.78, 5) is 25.6. The van der Waals surface area contributed by atoms with E-state index >= 15 is 0 Å². The fourth-order valence-electron chi connectivity index (χ4n) is 1.74. The highest BCUT2D eigenvalue weighted by Gasteiger charge is 2.13. The quantitative estimate of drug-likeness (QED) is 0.875. The lowest BCUT2D eigenvalue weighted by atomic mass is 10.4. The van der Waals surface area contributed by atoms with E-state index in [-0.39, 0.29) is 5.91 Å². The number of hydrogen-bond acceptors (Lipinski definition) is 6. The molecule has 20 heavy (non-hydrogen) atoms. The molecule has 0 atom stereocenters. The fourth-order valence-corrected chi connectivity index (χ4v) is 2.67. The molecule has 0 saturated carbocycles. The summed E-state index contributed by atoms with van der Waals surface area (Å²) < 4.78 is 0. The first-order valence-corrected chi connectivity index (χ1v) is 7.26. The van der Waals surface area contributed by atoms with Crippen molar-refractivity contribution in [3.05, 3.63) is 35.4 Å². The maximum Gasteiger partial charge on any atom is 0.225 e. The molecule has 0 bridgehead atoms. The summed E-state index contributed by atoms with van der Waals surface area (Å²) in [5.74, 6) is 0.0161. The number of nitrogens with zero attached hydrogens (tertiary/aromatic N) is 4. The van der Waals surface area contributed by atoms with Crippen LogP contribution < -0.4 is 10.2 Å².